The molecule has 1 N–H and O–H groups in total. The minimum atomic E-state index is -0.373. The van der Waals surface area contributed by atoms with Crippen LogP contribution in [0.4, 0.5) is 4.39 Å². The summed E-state index contributed by atoms with van der Waals surface area (Å²) >= 11 is 1.32. The normalized spacial score (nSPS) is 28.5. The quantitative estimate of drug-likeness (QED) is 0.885. The Morgan fingerprint density at radius 3 is 2.85 bits per heavy atom. The molecule has 4 nitrogen and oxygen atoms in total. The van der Waals surface area contributed by atoms with Gasteiger partial charge in [-0.05, 0) is 69.1 Å². The predicted octanol–water partition coefficient (Wildman–Crippen LogP) is 3.80. The fraction of sp³-hybridized carbons (Fsp3) is 0.550. The lowest BCUT2D eigenvalue weighted by atomic mass is 9.77. The first-order valence-corrected chi connectivity index (χ1v) is 10.3. The smallest absolute Gasteiger partial charge is 0.261 e. The zero-order valence-corrected chi connectivity index (χ0v) is 15.7. The number of nitrogens with one attached hydrogen (secondary N) is 1. The molecule has 3 saturated heterocycles. The highest BCUT2D eigenvalue weighted by Gasteiger charge is 2.60. The number of hydrogen-bond donors (Lipinski definition) is 1. The molecule has 3 aliphatic heterocycles. The maximum atomic E-state index is 14.1. The third-order valence-electron chi connectivity index (χ3n) is 6.37. The molecule has 0 radical (unpaired) electrons. The first kappa shape index (κ1) is 16.5. The highest BCUT2D eigenvalue weighted by molar-refractivity contribution is 7.21. The molecule has 1 aromatic carbocycles. The number of carbonyl (C=O) groups excluding carboxylic acids is 1. The number of piperidine rings is 3. The lowest BCUT2D eigenvalue weighted by Gasteiger charge is -2.52. The summed E-state index contributed by atoms with van der Waals surface area (Å²) in [6.07, 6.45) is 4.75. The number of carbonyl (C=O) groups is 1. The lowest BCUT2D eigenvalue weighted by molar-refractivity contribution is -0.00138. The van der Waals surface area contributed by atoms with Gasteiger partial charge in [-0.25, -0.2) is 4.39 Å². The number of nitrogens with zero attached hydrogens (tertiary/aromatic N) is 1. The van der Waals surface area contributed by atoms with Gasteiger partial charge in [0, 0.05) is 5.54 Å². The first-order chi connectivity index (χ1) is 12.6. The number of amides is 1. The Balaban J connectivity index is 1.43. The number of halogens is 1. The molecule has 4 fully saturated rings. The van der Waals surface area contributed by atoms with Crippen LogP contribution in [0.1, 0.15) is 42.3 Å². The SMILES string of the molecule is CCOc1c(F)ccc2cc(C(=O)NC3C4CCN(CC4)C34CC4)sc12. The van der Waals surface area contributed by atoms with Gasteiger partial charge in [0.2, 0.25) is 0 Å². The largest absolute Gasteiger partial charge is 0.489 e. The number of rotatable bonds is 4. The molecular formula is C20H23FN2O2S. The van der Waals surface area contributed by atoms with Crippen LogP contribution in [0.5, 0.6) is 5.75 Å². The van der Waals surface area contributed by atoms with Crippen molar-refractivity contribution in [3.05, 3.63) is 28.9 Å². The van der Waals surface area contributed by atoms with E-state index in [2.05, 4.69) is 10.2 Å². The van der Waals surface area contributed by atoms with Crippen molar-refractivity contribution in [2.45, 2.75) is 44.2 Å². The average Bonchev–Trinajstić information content (AvgIpc) is 3.30. The van der Waals surface area contributed by atoms with E-state index in [4.69, 9.17) is 4.74 Å². The van der Waals surface area contributed by atoms with Crippen molar-refractivity contribution in [2.75, 3.05) is 19.7 Å². The fourth-order valence-corrected chi connectivity index (χ4v) is 6.03. The Morgan fingerprint density at radius 1 is 1.38 bits per heavy atom. The van der Waals surface area contributed by atoms with Crippen LogP contribution in [0, 0.1) is 11.7 Å². The molecule has 1 atom stereocenters. The van der Waals surface area contributed by atoms with Crippen LogP contribution in [0.25, 0.3) is 10.1 Å². The van der Waals surface area contributed by atoms with Crippen molar-refractivity contribution in [3.8, 4) is 5.75 Å². The van der Waals surface area contributed by atoms with Gasteiger partial charge in [0.15, 0.2) is 11.6 Å². The van der Waals surface area contributed by atoms with Crippen LogP contribution in [-0.4, -0.2) is 42.1 Å². The van der Waals surface area contributed by atoms with Crippen LogP contribution in [0.2, 0.25) is 0 Å². The van der Waals surface area contributed by atoms with Gasteiger partial charge in [-0.1, -0.05) is 6.07 Å². The Bertz CT molecular complexity index is 868. The highest BCUT2D eigenvalue weighted by atomic mass is 32.1. The van der Waals surface area contributed by atoms with Crippen molar-refractivity contribution >= 4 is 27.3 Å². The van der Waals surface area contributed by atoms with E-state index in [-0.39, 0.29) is 29.1 Å². The molecule has 6 heteroatoms. The minimum Gasteiger partial charge on any atom is -0.489 e. The molecule has 1 spiro atoms. The van der Waals surface area contributed by atoms with E-state index in [1.54, 1.807) is 6.07 Å². The molecule has 1 saturated carbocycles. The van der Waals surface area contributed by atoms with Crippen molar-refractivity contribution in [1.82, 2.24) is 10.2 Å². The van der Waals surface area contributed by atoms with Crippen LogP contribution >= 0.6 is 11.3 Å². The van der Waals surface area contributed by atoms with Crippen LogP contribution < -0.4 is 10.1 Å². The molecule has 1 aromatic heterocycles. The van der Waals surface area contributed by atoms with Gasteiger partial charge in [0.1, 0.15) is 0 Å². The van der Waals surface area contributed by atoms with Gasteiger partial charge in [-0.15, -0.1) is 11.3 Å². The summed E-state index contributed by atoms with van der Waals surface area (Å²) in [5, 5.41) is 4.20. The summed E-state index contributed by atoms with van der Waals surface area (Å²) in [5.41, 5.74) is 0.218. The molecule has 6 rings (SSSR count). The number of hydrogen-bond acceptors (Lipinski definition) is 4. The summed E-state index contributed by atoms with van der Waals surface area (Å²) < 4.78 is 20.3. The molecule has 4 aliphatic rings. The molecule has 4 heterocycles. The van der Waals surface area contributed by atoms with Gasteiger partial charge in [-0.3, -0.25) is 9.69 Å². The standard InChI is InChI=1S/C20H23FN2O2S/c1-2-25-16-14(21)4-3-13-11-15(26-17(13)16)19(24)22-18-12-5-9-23(10-6-12)20(18)7-8-20/h3-4,11-12,18H,2,5-10H2,1H3,(H,22,24). The van der Waals surface area contributed by atoms with Crippen LogP contribution in [-0.2, 0) is 0 Å². The molecule has 1 unspecified atom stereocenters. The average molecular weight is 374 g/mol. The number of fused-ring (bicyclic) bond motifs is 3. The van der Waals surface area contributed by atoms with Crippen LogP contribution in [0.3, 0.4) is 0 Å². The van der Waals surface area contributed by atoms with Crippen molar-refractivity contribution in [2.24, 2.45) is 5.92 Å². The second-order valence-corrected chi connectivity index (χ2v) is 8.77. The summed E-state index contributed by atoms with van der Waals surface area (Å²) in [4.78, 5) is 16.2. The maximum Gasteiger partial charge on any atom is 0.261 e. The zero-order valence-electron chi connectivity index (χ0n) is 14.9. The van der Waals surface area contributed by atoms with Gasteiger partial charge in [-0.2, -0.15) is 0 Å². The molecule has 1 amide bonds. The van der Waals surface area contributed by atoms with E-state index in [0.717, 1.165) is 5.39 Å². The maximum absolute atomic E-state index is 14.1. The minimum absolute atomic E-state index is 0.0286. The molecule has 2 bridgehead atoms. The van der Waals surface area contributed by atoms with Crippen molar-refractivity contribution in [1.29, 1.82) is 0 Å². The Kier molecular flexibility index (Phi) is 3.76. The van der Waals surface area contributed by atoms with E-state index in [9.17, 15) is 9.18 Å². The Morgan fingerprint density at radius 2 is 2.15 bits per heavy atom. The molecule has 1 aliphatic carbocycles. The Hall–Kier alpha value is -1.66. The highest BCUT2D eigenvalue weighted by Crippen LogP contribution is 2.53. The van der Waals surface area contributed by atoms with Crippen molar-refractivity contribution in [3.63, 3.8) is 0 Å². The van der Waals surface area contributed by atoms with E-state index < -0.39 is 0 Å². The zero-order chi connectivity index (χ0) is 17.9. The predicted molar refractivity (Wildman–Crippen MR) is 100 cm³/mol. The summed E-state index contributed by atoms with van der Waals surface area (Å²) in [6, 6.07) is 5.25. The summed E-state index contributed by atoms with van der Waals surface area (Å²) in [5.74, 6) is 0.453. The van der Waals surface area contributed by atoms with E-state index in [0.29, 0.717) is 22.1 Å². The molecule has 2 aromatic rings. The summed E-state index contributed by atoms with van der Waals surface area (Å²) in [6.45, 7) is 4.59. The molecular weight excluding hydrogens is 351 g/mol. The summed E-state index contributed by atoms with van der Waals surface area (Å²) in [7, 11) is 0. The third-order valence-corrected chi connectivity index (χ3v) is 7.52. The van der Waals surface area contributed by atoms with Gasteiger partial charge in [0.25, 0.3) is 5.91 Å². The van der Waals surface area contributed by atoms with Gasteiger partial charge < -0.3 is 10.1 Å². The second-order valence-electron chi connectivity index (χ2n) is 7.72. The Labute approximate surface area is 156 Å². The molecule has 138 valence electrons. The number of thiophene rings is 1. The van der Waals surface area contributed by atoms with Crippen LogP contribution in [0.15, 0.2) is 18.2 Å². The van der Waals surface area contributed by atoms with Gasteiger partial charge in [0.05, 0.1) is 22.2 Å². The lowest BCUT2D eigenvalue weighted by Crippen LogP contribution is -2.65. The number of benzene rings is 1. The fourth-order valence-electron chi connectivity index (χ4n) is 4.98. The van der Waals surface area contributed by atoms with E-state index in [1.165, 1.54) is 56.2 Å². The topological polar surface area (TPSA) is 41.6 Å². The van der Waals surface area contributed by atoms with Crippen molar-refractivity contribution < 1.29 is 13.9 Å². The number of ether oxygens (including phenoxy) is 1. The van der Waals surface area contributed by atoms with Gasteiger partial charge >= 0.3 is 0 Å². The van der Waals surface area contributed by atoms with E-state index >= 15 is 0 Å². The first-order valence-electron chi connectivity index (χ1n) is 9.53. The monoisotopic (exact) mass is 374 g/mol. The second kappa shape index (κ2) is 5.92. The van der Waals surface area contributed by atoms with E-state index in [1.807, 2.05) is 13.0 Å². The molecule has 26 heavy (non-hydrogen) atoms. The third kappa shape index (κ3) is 2.38.